The maximum atomic E-state index is 13.6. The fourth-order valence-electron chi connectivity index (χ4n) is 2.06. The fourth-order valence-corrected chi connectivity index (χ4v) is 3.13. The maximum absolute atomic E-state index is 13.6. The average molecular weight is 242 g/mol. The summed E-state index contributed by atoms with van der Waals surface area (Å²) in [5.74, 6) is -0.169. The van der Waals surface area contributed by atoms with Crippen LogP contribution in [0.5, 0.6) is 0 Å². The first-order valence-electron chi connectivity index (χ1n) is 5.48. The molecule has 0 radical (unpaired) electrons. The van der Waals surface area contributed by atoms with Gasteiger partial charge in [0.2, 0.25) is 0 Å². The summed E-state index contributed by atoms with van der Waals surface area (Å²) in [5, 5.41) is 3.10. The lowest BCUT2D eigenvalue weighted by Gasteiger charge is -2.04. The van der Waals surface area contributed by atoms with Crippen LogP contribution in [0, 0.1) is 12.7 Å². The van der Waals surface area contributed by atoms with Gasteiger partial charge in [0, 0.05) is 10.3 Å². The molecular formula is C15H11FS. The molecule has 2 heteroatoms. The van der Waals surface area contributed by atoms with Crippen LogP contribution in [0.25, 0.3) is 21.2 Å². The SMILES string of the molecule is Cc1csc2c(-c3ccccc3)cc(F)cc12. The smallest absolute Gasteiger partial charge is 0.124 e. The van der Waals surface area contributed by atoms with Crippen LogP contribution in [0.2, 0.25) is 0 Å². The summed E-state index contributed by atoms with van der Waals surface area (Å²) in [4.78, 5) is 0. The lowest BCUT2D eigenvalue weighted by molar-refractivity contribution is 0.630. The largest absolute Gasteiger partial charge is 0.207 e. The molecule has 0 aliphatic rings. The number of thiophene rings is 1. The first-order chi connectivity index (χ1) is 8.25. The molecule has 0 aliphatic heterocycles. The number of hydrogen-bond acceptors (Lipinski definition) is 1. The van der Waals surface area contributed by atoms with Crippen molar-refractivity contribution in [2.24, 2.45) is 0 Å². The average Bonchev–Trinajstić information content (AvgIpc) is 2.72. The van der Waals surface area contributed by atoms with E-state index < -0.39 is 0 Å². The maximum Gasteiger partial charge on any atom is 0.124 e. The third-order valence-corrected chi connectivity index (χ3v) is 4.06. The molecule has 0 unspecified atom stereocenters. The summed E-state index contributed by atoms with van der Waals surface area (Å²) in [5.41, 5.74) is 3.19. The van der Waals surface area contributed by atoms with Crippen LogP contribution in [0.3, 0.4) is 0 Å². The van der Waals surface area contributed by atoms with Crippen LogP contribution in [0.1, 0.15) is 5.56 Å². The van der Waals surface area contributed by atoms with Crippen molar-refractivity contribution in [1.82, 2.24) is 0 Å². The zero-order chi connectivity index (χ0) is 11.8. The highest BCUT2D eigenvalue weighted by Gasteiger charge is 2.09. The molecule has 84 valence electrons. The van der Waals surface area contributed by atoms with Crippen molar-refractivity contribution in [2.45, 2.75) is 6.92 Å². The predicted octanol–water partition coefficient (Wildman–Crippen LogP) is 5.02. The van der Waals surface area contributed by atoms with E-state index in [9.17, 15) is 4.39 Å². The van der Waals surface area contributed by atoms with Crippen LogP contribution >= 0.6 is 11.3 Å². The monoisotopic (exact) mass is 242 g/mol. The highest BCUT2D eigenvalue weighted by atomic mass is 32.1. The van der Waals surface area contributed by atoms with E-state index >= 15 is 0 Å². The molecule has 0 saturated carbocycles. The number of hydrogen-bond donors (Lipinski definition) is 0. The molecule has 0 spiro atoms. The van der Waals surface area contributed by atoms with Crippen molar-refractivity contribution in [2.75, 3.05) is 0 Å². The van der Waals surface area contributed by atoms with Crippen molar-refractivity contribution >= 4 is 21.4 Å². The van der Waals surface area contributed by atoms with E-state index in [0.717, 1.165) is 26.8 Å². The van der Waals surface area contributed by atoms with Gasteiger partial charge in [0.15, 0.2) is 0 Å². The number of benzene rings is 2. The molecule has 0 aliphatic carbocycles. The molecule has 0 atom stereocenters. The van der Waals surface area contributed by atoms with E-state index in [-0.39, 0.29) is 5.82 Å². The van der Waals surface area contributed by atoms with Gasteiger partial charge < -0.3 is 0 Å². The van der Waals surface area contributed by atoms with Gasteiger partial charge in [0.25, 0.3) is 0 Å². The third kappa shape index (κ3) is 1.75. The van der Waals surface area contributed by atoms with E-state index in [1.54, 1.807) is 23.5 Å². The second-order valence-corrected chi connectivity index (χ2v) is 4.99. The van der Waals surface area contributed by atoms with E-state index in [4.69, 9.17) is 0 Å². The first-order valence-corrected chi connectivity index (χ1v) is 6.36. The Labute approximate surface area is 103 Å². The van der Waals surface area contributed by atoms with Crippen molar-refractivity contribution < 1.29 is 4.39 Å². The Morgan fingerprint density at radius 2 is 1.82 bits per heavy atom. The molecular weight excluding hydrogens is 231 g/mol. The first kappa shape index (κ1) is 10.5. The molecule has 17 heavy (non-hydrogen) atoms. The van der Waals surface area contributed by atoms with E-state index in [0.29, 0.717) is 0 Å². The zero-order valence-electron chi connectivity index (χ0n) is 9.41. The lowest BCUT2D eigenvalue weighted by Crippen LogP contribution is -1.81. The van der Waals surface area contributed by atoms with Gasteiger partial charge in [-0.05, 0) is 40.9 Å². The van der Waals surface area contributed by atoms with Gasteiger partial charge in [-0.1, -0.05) is 30.3 Å². The van der Waals surface area contributed by atoms with E-state index in [1.165, 1.54) is 0 Å². The van der Waals surface area contributed by atoms with Gasteiger partial charge in [0.05, 0.1) is 0 Å². The van der Waals surface area contributed by atoms with Gasteiger partial charge >= 0.3 is 0 Å². The molecule has 0 saturated heterocycles. The highest BCUT2D eigenvalue weighted by Crippen LogP contribution is 2.35. The summed E-state index contributed by atoms with van der Waals surface area (Å²) >= 11 is 1.68. The van der Waals surface area contributed by atoms with Crippen molar-refractivity contribution in [3.8, 4) is 11.1 Å². The lowest BCUT2D eigenvalue weighted by atomic mass is 10.0. The van der Waals surface area contributed by atoms with Gasteiger partial charge in [-0.15, -0.1) is 11.3 Å². The van der Waals surface area contributed by atoms with Crippen molar-refractivity contribution in [3.05, 3.63) is 59.2 Å². The minimum absolute atomic E-state index is 0.169. The summed E-state index contributed by atoms with van der Waals surface area (Å²) in [6.07, 6.45) is 0. The Kier molecular flexibility index (Phi) is 2.45. The standard InChI is InChI=1S/C15H11FS/c1-10-9-17-15-13(10)7-12(16)8-14(15)11-5-3-2-4-6-11/h2-9H,1H3. The van der Waals surface area contributed by atoms with Gasteiger partial charge in [-0.2, -0.15) is 0 Å². The quantitative estimate of drug-likeness (QED) is 0.562. The molecule has 0 amide bonds. The molecule has 0 fully saturated rings. The van der Waals surface area contributed by atoms with Crippen LogP contribution in [0.15, 0.2) is 47.8 Å². The number of rotatable bonds is 1. The molecule has 0 N–H and O–H groups in total. The van der Waals surface area contributed by atoms with E-state index in [2.05, 4.69) is 5.38 Å². The minimum atomic E-state index is -0.169. The Morgan fingerprint density at radius 1 is 1.06 bits per heavy atom. The van der Waals surface area contributed by atoms with E-state index in [1.807, 2.05) is 37.3 Å². The molecule has 2 aromatic carbocycles. The Bertz CT molecular complexity index is 668. The molecule has 3 aromatic rings. The third-order valence-electron chi connectivity index (χ3n) is 2.92. The van der Waals surface area contributed by atoms with Crippen LogP contribution < -0.4 is 0 Å². The Morgan fingerprint density at radius 3 is 2.59 bits per heavy atom. The highest BCUT2D eigenvalue weighted by molar-refractivity contribution is 7.18. The second kappa shape index (κ2) is 3.97. The van der Waals surface area contributed by atoms with Crippen LogP contribution in [0.4, 0.5) is 4.39 Å². The van der Waals surface area contributed by atoms with Crippen LogP contribution in [-0.4, -0.2) is 0 Å². The molecule has 0 nitrogen and oxygen atoms in total. The topological polar surface area (TPSA) is 0 Å². The van der Waals surface area contributed by atoms with Gasteiger partial charge in [-0.3, -0.25) is 0 Å². The minimum Gasteiger partial charge on any atom is -0.207 e. The van der Waals surface area contributed by atoms with Gasteiger partial charge in [0.1, 0.15) is 5.82 Å². The van der Waals surface area contributed by atoms with Crippen molar-refractivity contribution in [3.63, 3.8) is 0 Å². The molecule has 3 rings (SSSR count). The van der Waals surface area contributed by atoms with Crippen molar-refractivity contribution in [1.29, 1.82) is 0 Å². The fraction of sp³-hybridized carbons (Fsp3) is 0.0667. The summed E-state index contributed by atoms with van der Waals surface area (Å²) in [6, 6.07) is 13.2. The normalized spacial score (nSPS) is 10.9. The summed E-state index contributed by atoms with van der Waals surface area (Å²) in [7, 11) is 0. The van der Waals surface area contributed by atoms with Crippen LogP contribution in [-0.2, 0) is 0 Å². The predicted molar refractivity (Wildman–Crippen MR) is 72.0 cm³/mol. The number of aryl methyl sites for hydroxylation is 1. The van der Waals surface area contributed by atoms with Gasteiger partial charge in [-0.25, -0.2) is 4.39 Å². The Hall–Kier alpha value is -1.67. The number of halogens is 1. The Balaban J connectivity index is 2.36. The second-order valence-electron chi connectivity index (χ2n) is 4.11. The zero-order valence-corrected chi connectivity index (χ0v) is 10.2. The molecule has 1 heterocycles. The molecule has 0 bridgehead atoms. The molecule has 1 aromatic heterocycles. The number of fused-ring (bicyclic) bond motifs is 1. The summed E-state index contributed by atoms with van der Waals surface area (Å²) in [6.45, 7) is 2.02. The summed E-state index contributed by atoms with van der Waals surface area (Å²) < 4.78 is 14.8.